The molecule has 20 heavy (non-hydrogen) atoms. The second-order valence-electron chi connectivity index (χ2n) is 6.16. The molecule has 0 atom stereocenters. The third kappa shape index (κ3) is 2.64. The van der Waals surface area contributed by atoms with Crippen LogP contribution in [0.5, 0.6) is 0 Å². The zero-order valence-electron chi connectivity index (χ0n) is 11.9. The molecule has 1 heterocycles. The summed E-state index contributed by atoms with van der Waals surface area (Å²) in [5.74, 6) is 0.416. The average Bonchev–Trinajstić information content (AvgIpc) is 3.12. The SMILES string of the molecule is O=C(Cc1ccc(Cl)cc1)C1(N2CCCC2)CCCC1. The van der Waals surface area contributed by atoms with Crippen LogP contribution in [0.1, 0.15) is 44.1 Å². The molecule has 0 bridgehead atoms. The van der Waals surface area contributed by atoms with E-state index < -0.39 is 0 Å². The molecule has 3 rings (SSSR count). The second-order valence-corrected chi connectivity index (χ2v) is 6.60. The summed E-state index contributed by atoms with van der Waals surface area (Å²) >= 11 is 5.91. The summed E-state index contributed by atoms with van der Waals surface area (Å²) in [5.41, 5.74) is 0.931. The zero-order valence-corrected chi connectivity index (χ0v) is 12.7. The van der Waals surface area contributed by atoms with Crippen LogP contribution in [-0.2, 0) is 11.2 Å². The summed E-state index contributed by atoms with van der Waals surface area (Å²) in [4.78, 5) is 15.4. The van der Waals surface area contributed by atoms with Gasteiger partial charge in [0, 0.05) is 11.4 Å². The van der Waals surface area contributed by atoms with Gasteiger partial charge >= 0.3 is 0 Å². The van der Waals surface area contributed by atoms with Crippen LogP contribution in [0.2, 0.25) is 5.02 Å². The Balaban J connectivity index is 1.77. The Morgan fingerprint density at radius 1 is 1.05 bits per heavy atom. The lowest BCUT2D eigenvalue weighted by Gasteiger charge is -2.37. The maximum atomic E-state index is 12.9. The number of hydrogen-bond acceptors (Lipinski definition) is 2. The Morgan fingerprint density at radius 2 is 1.65 bits per heavy atom. The van der Waals surface area contributed by atoms with Crippen LogP contribution in [0, 0.1) is 0 Å². The molecule has 1 aromatic carbocycles. The Hall–Kier alpha value is -0.860. The van der Waals surface area contributed by atoms with Gasteiger partial charge in [-0.1, -0.05) is 36.6 Å². The van der Waals surface area contributed by atoms with Crippen LogP contribution in [0.3, 0.4) is 0 Å². The molecule has 1 saturated carbocycles. The molecule has 1 aliphatic heterocycles. The van der Waals surface area contributed by atoms with Gasteiger partial charge in [0.2, 0.25) is 0 Å². The van der Waals surface area contributed by atoms with E-state index in [2.05, 4.69) is 4.90 Å². The lowest BCUT2D eigenvalue weighted by Crippen LogP contribution is -2.52. The van der Waals surface area contributed by atoms with Crippen LogP contribution in [0.25, 0.3) is 0 Å². The van der Waals surface area contributed by atoms with Crippen molar-refractivity contribution in [3.8, 4) is 0 Å². The van der Waals surface area contributed by atoms with Gasteiger partial charge in [0.05, 0.1) is 5.54 Å². The normalized spacial score (nSPS) is 22.2. The number of carbonyl (C=O) groups is 1. The molecular weight excluding hydrogens is 270 g/mol. The number of likely N-dealkylation sites (tertiary alicyclic amines) is 1. The highest BCUT2D eigenvalue weighted by atomic mass is 35.5. The van der Waals surface area contributed by atoms with E-state index >= 15 is 0 Å². The van der Waals surface area contributed by atoms with E-state index in [1.807, 2.05) is 24.3 Å². The third-order valence-electron chi connectivity index (χ3n) is 4.94. The molecule has 2 nitrogen and oxygen atoms in total. The number of halogens is 1. The Morgan fingerprint density at radius 3 is 2.25 bits per heavy atom. The van der Waals surface area contributed by atoms with Crippen LogP contribution in [0.4, 0.5) is 0 Å². The highest BCUT2D eigenvalue weighted by Crippen LogP contribution is 2.38. The van der Waals surface area contributed by atoms with Crippen molar-refractivity contribution in [2.45, 2.75) is 50.5 Å². The van der Waals surface area contributed by atoms with E-state index in [1.54, 1.807) is 0 Å². The molecule has 0 aromatic heterocycles. The lowest BCUT2D eigenvalue weighted by molar-refractivity contribution is -0.129. The van der Waals surface area contributed by atoms with Crippen LogP contribution >= 0.6 is 11.6 Å². The van der Waals surface area contributed by atoms with Crippen LogP contribution in [0.15, 0.2) is 24.3 Å². The van der Waals surface area contributed by atoms with Crippen molar-refractivity contribution in [3.63, 3.8) is 0 Å². The largest absolute Gasteiger partial charge is 0.297 e. The Labute approximate surface area is 126 Å². The topological polar surface area (TPSA) is 20.3 Å². The molecule has 1 aromatic rings. The molecule has 1 aliphatic carbocycles. The quantitative estimate of drug-likeness (QED) is 0.839. The van der Waals surface area contributed by atoms with Gasteiger partial charge in [-0.05, 0) is 56.5 Å². The van der Waals surface area contributed by atoms with Crippen molar-refractivity contribution < 1.29 is 4.79 Å². The van der Waals surface area contributed by atoms with Crippen molar-refractivity contribution in [1.29, 1.82) is 0 Å². The van der Waals surface area contributed by atoms with E-state index in [-0.39, 0.29) is 5.54 Å². The molecule has 0 spiro atoms. The van der Waals surface area contributed by atoms with Crippen molar-refractivity contribution in [2.24, 2.45) is 0 Å². The van der Waals surface area contributed by atoms with Gasteiger partial charge in [-0.25, -0.2) is 0 Å². The van der Waals surface area contributed by atoms with Gasteiger partial charge < -0.3 is 0 Å². The maximum absolute atomic E-state index is 12.9. The van der Waals surface area contributed by atoms with Crippen LogP contribution in [-0.4, -0.2) is 29.3 Å². The van der Waals surface area contributed by atoms with Crippen molar-refractivity contribution in [1.82, 2.24) is 4.90 Å². The van der Waals surface area contributed by atoms with E-state index in [1.165, 1.54) is 25.7 Å². The standard InChI is InChI=1S/C17H22ClNO/c18-15-7-5-14(6-8-15)13-16(20)17(9-1-2-10-17)19-11-3-4-12-19/h5-8H,1-4,9-13H2. The summed E-state index contributed by atoms with van der Waals surface area (Å²) in [5, 5.41) is 0.733. The zero-order chi connectivity index (χ0) is 14.0. The average molecular weight is 292 g/mol. The lowest BCUT2D eigenvalue weighted by atomic mass is 9.86. The van der Waals surface area contributed by atoms with Crippen molar-refractivity contribution >= 4 is 17.4 Å². The summed E-state index contributed by atoms with van der Waals surface area (Å²) in [6.07, 6.45) is 7.55. The van der Waals surface area contributed by atoms with Gasteiger partial charge in [0.1, 0.15) is 0 Å². The fraction of sp³-hybridized carbons (Fsp3) is 0.588. The molecule has 108 valence electrons. The number of hydrogen-bond donors (Lipinski definition) is 0. The number of nitrogens with zero attached hydrogens (tertiary/aromatic N) is 1. The molecule has 0 N–H and O–H groups in total. The van der Waals surface area contributed by atoms with Crippen molar-refractivity contribution in [2.75, 3.05) is 13.1 Å². The molecular formula is C17H22ClNO. The first-order chi connectivity index (χ1) is 9.71. The van der Waals surface area contributed by atoms with Gasteiger partial charge in [0.15, 0.2) is 5.78 Å². The molecule has 0 radical (unpaired) electrons. The minimum atomic E-state index is -0.157. The second kappa shape index (κ2) is 5.87. The highest BCUT2D eigenvalue weighted by molar-refractivity contribution is 6.30. The minimum absolute atomic E-state index is 0.157. The monoisotopic (exact) mass is 291 g/mol. The predicted molar refractivity (Wildman–Crippen MR) is 82.2 cm³/mol. The van der Waals surface area contributed by atoms with Gasteiger partial charge in [-0.3, -0.25) is 9.69 Å². The highest BCUT2D eigenvalue weighted by Gasteiger charge is 2.45. The maximum Gasteiger partial charge on any atom is 0.157 e. The van der Waals surface area contributed by atoms with Gasteiger partial charge in [0.25, 0.3) is 0 Å². The van der Waals surface area contributed by atoms with Crippen LogP contribution < -0.4 is 0 Å². The summed E-state index contributed by atoms with van der Waals surface area (Å²) in [7, 11) is 0. The smallest absolute Gasteiger partial charge is 0.157 e. The first kappa shape index (κ1) is 14.1. The van der Waals surface area contributed by atoms with Gasteiger partial charge in [-0.2, -0.15) is 0 Å². The number of Topliss-reactive ketones (excluding diaryl/α,β-unsaturated/α-hetero) is 1. The molecule has 3 heteroatoms. The number of benzene rings is 1. The Bertz CT molecular complexity index is 470. The first-order valence-corrected chi connectivity index (χ1v) is 8.11. The van der Waals surface area contributed by atoms with Gasteiger partial charge in [-0.15, -0.1) is 0 Å². The fourth-order valence-corrected chi connectivity index (χ4v) is 3.95. The number of carbonyl (C=O) groups excluding carboxylic acids is 1. The molecule has 0 unspecified atom stereocenters. The minimum Gasteiger partial charge on any atom is -0.297 e. The molecule has 1 saturated heterocycles. The number of rotatable bonds is 4. The summed E-state index contributed by atoms with van der Waals surface area (Å²) in [6, 6.07) is 7.71. The first-order valence-electron chi connectivity index (χ1n) is 7.73. The Kier molecular flexibility index (Phi) is 4.13. The van der Waals surface area contributed by atoms with E-state index in [0.717, 1.165) is 36.5 Å². The van der Waals surface area contributed by atoms with E-state index in [0.29, 0.717) is 12.2 Å². The van der Waals surface area contributed by atoms with E-state index in [9.17, 15) is 4.79 Å². The summed E-state index contributed by atoms with van der Waals surface area (Å²) < 4.78 is 0. The van der Waals surface area contributed by atoms with Crippen molar-refractivity contribution in [3.05, 3.63) is 34.9 Å². The van der Waals surface area contributed by atoms with E-state index in [4.69, 9.17) is 11.6 Å². The fourth-order valence-electron chi connectivity index (χ4n) is 3.83. The molecule has 2 fully saturated rings. The predicted octanol–water partition coefficient (Wildman–Crippen LogP) is 3.86. The number of ketones is 1. The molecule has 0 amide bonds. The third-order valence-corrected chi connectivity index (χ3v) is 5.19. The molecule has 2 aliphatic rings. The summed E-state index contributed by atoms with van der Waals surface area (Å²) in [6.45, 7) is 2.21.